The van der Waals surface area contributed by atoms with Gasteiger partial charge in [0.05, 0.1) is 16.8 Å². The molecule has 1 N–H and O–H groups in total. The van der Waals surface area contributed by atoms with Crippen molar-refractivity contribution in [1.29, 1.82) is 10.5 Å². The fourth-order valence-electron chi connectivity index (χ4n) is 7.07. The Morgan fingerprint density at radius 3 is 1.88 bits per heavy atom. The van der Waals surface area contributed by atoms with Crippen LogP contribution in [0.2, 0.25) is 0 Å². The molecule has 1 aromatic heterocycles. The Balaban J connectivity index is 1.18. The molecular weight excluding hydrogens is 639 g/mol. The Bertz CT molecular complexity index is 2720. The predicted octanol–water partition coefficient (Wildman–Crippen LogP) is 11.4. The number of amidine groups is 1. The number of nitriles is 2. The molecule has 0 saturated carbocycles. The summed E-state index contributed by atoms with van der Waals surface area (Å²) in [7, 11) is 0. The molecule has 1 aliphatic heterocycles. The monoisotopic (exact) mass is 667 g/mol. The van der Waals surface area contributed by atoms with Gasteiger partial charge in [-0.15, -0.1) is 0 Å². The number of furan rings is 1. The number of para-hydroxylation sites is 2. The summed E-state index contributed by atoms with van der Waals surface area (Å²) >= 11 is 0. The molecule has 0 fully saturated rings. The second-order valence-corrected chi connectivity index (χ2v) is 12.7. The van der Waals surface area contributed by atoms with Crippen molar-refractivity contribution in [1.82, 2.24) is 0 Å². The van der Waals surface area contributed by atoms with Crippen molar-refractivity contribution in [2.75, 3.05) is 10.2 Å². The van der Waals surface area contributed by atoms with Gasteiger partial charge in [-0.2, -0.15) is 10.5 Å². The van der Waals surface area contributed by atoms with Gasteiger partial charge in [0.25, 0.3) is 0 Å². The largest absolute Gasteiger partial charge is 0.454 e. The summed E-state index contributed by atoms with van der Waals surface area (Å²) in [5, 5.41) is 25.2. The van der Waals surface area contributed by atoms with Gasteiger partial charge >= 0.3 is 0 Å². The second kappa shape index (κ2) is 12.8. The summed E-state index contributed by atoms with van der Waals surface area (Å²) < 4.78 is 6.54. The number of fused-ring (bicyclic) bond motifs is 4. The molecule has 0 aliphatic carbocycles. The Kier molecular flexibility index (Phi) is 7.54. The highest BCUT2D eigenvalue weighted by Gasteiger charge is 2.27. The van der Waals surface area contributed by atoms with Crippen molar-refractivity contribution in [3.05, 3.63) is 192 Å². The third-order valence-electron chi connectivity index (χ3n) is 9.61. The molecular formula is C46H29N5O. The topological polar surface area (TPSA) is 88.3 Å². The summed E-state index contributed by atoms with van der Waals surface area (Å²) in [5.41, 5.74) is 10.9. The van der Waals surface area contributed by atoms with Gasteiger partial charge in [0.15, 0.2) is 5.58 Å². The number of nitrogens with one attached hydrogen (secondary N) is 1. The summed E-state index contributed by atoms with van der Waals surface area (Å²) in [6.45, 7) is 0. The highest BCUT2D eigenvalue weighted by molar-refractivity contribution is 6.11. The summed E-state index contributed by atoms with van der Waals surface area (Å²) in [6, 6.07) is 59.2. The zero-order chi connectivity index (χ0) is 35.0. The molecule has 6 nitrogen and oxygen atoms in total. The molecule has 0 amide bonds. The number of rotatable bonds is 6. The van der Waals surface area contributed by atoms with Crippen LogP contribution in [-0.2, 0) is 0 Å². The van der Waals surface area contributed by atoms with E-state index in [1.165, 1.54) is 0 Å². The van der Waals surface area contributed by atoms with Gasteiger partial charge in [0.2, 0.25) is 0 Å². The number of anilines is 4. The highest BCUT2D eigenvalue weighted by atomic mass is 16.3. The predicted molar refractivity (Wildman–Crippen MR) is 208 cm³/mol. The van der Waals surface area contributed by atoms with Crippen LogP contribution in [0.15, 0.2) is 173 Å². The van der Waals surface area contributed by atoms with Gasteiger partial charge in [0.1, 0.15) is 29.6 Å². The maximum absolute atomic E-state index is 9.88. The maximum atomic E-state index is 9.88. The standard InChI is InChI=1S/C46H29N5O/c47-28-34-26-40-41(27-35(34)29-48)49-46(33-12-5-2-6-13-33)50-44(40)32-20-24-37(25-21-32)51(36-22-18-31(19-23-36)30-10-3-1-4-11-30)42-16-9-15-39-38-14-7-8-17-43(38)52-45(39)42/h1-27,44H,(H,49,50). The Morgan fingerprint density at radius 2 is 1.17 bits per heavy atom. The lowest BCUT2D eigenvalue weighted by Gasteiger charge is -2.28. The van der Waals surface area contributed by atoms with E-state index in [1.54, 1.807) is 12.1 Å². The minimum atomic E-state index is -0.405. The Morgan fingerprint density at radius 1 is 0.577 bits per heavy atom. The molecule has 2 heterocycles. The lowest BCUT2D eigenvalue weighted by molar-refractivity contribution is 0.669. The van der Waals surface area contributed by atoms with Crippen molar-refractivity contribution in [3.8, 4) is 23.3 Å². The minimum absolute atomic E-state index is 0.325. The maximum Gasteiger partial charge on any atom is 0.159 e. The van der Waals surface area contributed by atoms with Crippen LogP contribution in [0, 0.1) is 22.7 Å². The van der Waals surface area contributed by atoms with Gasteiger partial charge in [0, 0.05) is 39.0 Å². The number of hydrogen-bond acceptors (Lipinski definition) is 6. The molecule has 52 heavy (non-hydrogen) atoms. The molecule has 0 bridgehead atoms. The first kappa shape index (κ1) is 30.6. The zero-order valence-corrected chi connectivity index (χ0v) is 27.9. The molecule has 9 rings (SSSR count). The molecule has 6 heteroatoms. The van der Waals surface area contributed by atoms with Crippen molar-refractivity contribution in [2.24, 2.45) is 4.99 Å². The third-order valence-corrected chi connectivity index (χ3v) is 9.61. The van der Waals surface area contributed by atoms with Crippen molar-refractivity contribution < 1.29 is 4.42 Å². The third kappa shape index (κ3) is 5.33. The van der Waals surface area contributed by atoms with Gasteiger partial charge in [-0.1, -0.05) is 115 Å². The number of nitrogens with zero attached hydrogens (tertiary/aromatic N) is 4. The lowest BCUT2D eigenvalue weighted by Crippen LogP contribution is -2.22. The molecule has 1 aliphatic rings. The molecule has 244 valence electrons. The molecule has 1 atom stereocenters. The first-order chi connectivity index (χ1) is 25.7. The van der Waals surface area contributed by atoms with Crippen LogP contribution in [0.25, 0.3) is 33.1 Å². The van der Waals surface area contributed by atoms with E-state index >= 15 is 0 Å². The SMILES string of the molecule is N#Cc1cc2c(cc1C#N)C(c1ccc(N(c3ccc(-c4ccccc4)cc3)c3cccc4c3oc3ccccc34)cc1)N=C(c1ccccc1)N2. The van der Waals surface area contributed by atoms with E-state index in [2.05, 4.69) is 119 Å². The Hall–Kier alpha value is -7.41. The summed E-state index contributed by atoms with van der Waals surface area (Å²) in [4.78, 5) is 7.40. The van der Waals surface area contributed by atoms with Crippen LogP contribution in [0.1, 0.15) is 33.9 Å². The molecule has 8 aromatic rings. The van der Waals surface area contributed by atoms with Crippen LogP contribution >= 0.6 is 0 Å². The normalized spacial score (nSPS) is 13.4. The second-order valence-electron chi connectivity index (χ2n) is 12.7. The summed E-state index contributed by atoms with van der Waals surface area (Å²) in [6.07, 6.45) is 0. The number of aliphatic imine (C=N–C) groups is 1. The molecule has 0 radical (unpaired) electrons. The summed E-state index contributed by atoms with van der Waals surface area (Å²) in [5.74, 6) is 0.701. The van der Waals surface area contributed by atoms with Gasteiger partial charge in [-0.3, -0.25) is 4.99 Å². The van der Waals surface area contributed by atoms with Gasteiger partial charge < -0.3 is 14.6 Å². The fraction of sp³-hybridized carbons (Fsp3) is 0.0217. The lowest BCUT2D eigenvalue weighted by atomic mass is 9.92. The smallest absolute Gasteiger partial charge is 0.159 e. The van der Waals surface area contributed by atoms with Gasteiger partial charge in [-0.25, -0.2) is 0 Å². The van der Waals surface area contributed by atoms with Crippen LogP contribution in [0.5, 0.6) is 0 Å². The van der Waals surface area contributed by atoms with Crippen molar-refractivity contribution in [2.45, 2.75) is 6.04 Å². The zero-order valence-electron chi connectivity index (χ0n) is 27.9. The van der Waals surface area contributed by atoms with Crippen LogP contribution in [0.4, 0.5) is 22.7 Å². The van der Waals surface area contributed by atoms with E-state index in [4.69, 9.17) is 9.41 Å². The average molecular weight is 668 g/mol. The Labute approximate surface area is 300 Å². The van der Waals surface area contributed by atoms with E-state index in [0.717, 1.165) is 72.5 Å². The van der Waals surface area contributed by atoms with E-state index in [-0.39, 0.29) is 0 Å². The van der Waals surface area contributed by atoms with Gasteiger partial charge in [-0.05, 0) is 65.2 Å². The van der Waals surface area contributed by atoms with E-state index in [9.17, 15) is 10.5 Å². The van der Waals surface area contributed by atoms with Crippen molar-refractivity contribution >= 4 is 50.5 Å². The van der Waals surface area contributed by atoms with E-state index in [0.29, 0.717) is 17.0 Å². The fourth-order valence-corrected chi connectivity index (χ4v) is 7.07. The quantitative estimate of drug-likeness (QED) is 0.191. The van der Waals surface area contributed by atoms with Crippen molar-refractivity contribution in [3.63, 3.8) is 0 Å². The van der Waals surface area contributed by atoms with E-state index < -0.39 is 6.04 Å². The molecule has 0 spiro atoms. The highest BCUT2D eigenvalue weighted by Crippen LogP contribution is 2.44. The molecule has 0 saturated heterocycles. The first-order valence-corrected chi connectivity index (χ1v) is 17.0. The van der Waals surface area contributed by atoms with Crippen LogP contribution in [-0.4, -0.2) is 5.84 Å². The minimum Gasteiger partial charge on any atom is -0.454 e. The van der Waals surface area contributed by atoms with E-state index in [1.807, 2.05) is 54.6 Å². The molecule has 1 unspecified atom stereocenters. The first-order valence-electron chi connectivity index (χ1n) is 17.0. The van der Waals surface area contributed by atoms with Crippen LogP contribution in [0.3, 0.4) is 0 Å². The number of benzene rings is 7. The van der Waals surface area contributed by atoms with Crippen LogP contribution < -0.4 is 10.2 Å². The number of hydrogen-bond donors (Lipinski definition) is 1. The molecule has 7 aromatic carbocycles. The average Bonchev–Trinajstić information content (AvgIpc) is 3.61.